The van der Waals surface area contributed by atoms with E-state index in [2.05, 4.69) is 15.5 Å². The van der Waals surface area contributed by atoms with Crippen LogP contribution in [0.2, 0.25) is 0 Å². The lowest BCUT2D eigenvalue weighted by Gasteiger charge is -2.07. The number of hydrogen-bond acceptors (Lipinski definition) is 7. The Morgan fingerprint density at radius 1 is 1.23 bits per heavy atom. The third-order valence-corrected chi connectivity index (χ3v) is 6.75. The third kappa shape index (κ3) is 4.91. The zero-order valence-corrected chi connectivity index (χ0v) is 19.0. The van der Waals surface area contributed by atoms with Crippen LogP contribution in [0.5, 0.6) is 0 Å². The molecule has 0 aliphatic rings. The van der Waals surface area contributed by atoms with Crippen LogP contribution in [-0.2, 0) is 29.4 Å². The van der Waals surface area contributed by atoms with E-state index in [0.29, 0.717) is 28.6 Å². The average Bonchev–Trinajstić information content (AvgIpc) is 3.25. The van der Waals surface area contributed by atoms with Crippen molar-refractivity contribution in [1.29, 1.82) is 0 Å². The summed E-state index contributed by atoms with van der Waals surface area (Å²) in [5.74, 6) is 0.356. The van der Waals surface area contributed by atoms with Gasteiger partial charge in [-0.2, -0.15) is 0 Å². The van der Waals surface area contributed by atoms with Gasteiger partial charge in [0.2, 0.25) is 5.91 Å². The van der Waals surface area contributed by atoms with Crippen LogP contribution in [0.15, 0.2) is 35.5 Å². The summed E-state index contributed by atoms with van der Waals surface area (Å²) in [6.45, 7) is 3.91. The van der Waals surface area contributed by atoms with Gasteiger partial charge in [0.15, 0.2) is 5.16 Å². The second-order valence-electron chi connectivity index (χ2n) is 6.64. The van der Waals surface area contributed by atoms with E-state index >= 15 is 0 Å². The lowest BCUT2D eigenvalue weighted by Crippen LogP contribution is -2.16. The Kier molecular flexibility index (Phi) is 7.28. The van der Waals surface area contributed by atoms with Gasteiger partial charge in [-0.1, -0.05) is 49.0 Å². The molecule has 3 aromatic rings. The highest BCUT2D eigenvalue weighted by molar-refractivity contribution is 7.99. The van der Waals surface area contributed by atoms with E-state index in [1.165, 1.54) is 30.2 Å². The van der Waals surface area contributed by atoms with Gasteiger partial charge in [-0.15, -0.1) is 21.5 Å². The molecule has 158 valence electrons. The van der Waals surface area contributed by atoms with Crippen molar-refractivity contribution in [3.05, 3.63) is 57.7 Å². The zero-order valence-electron chi connectivity index (χ0n) is 17.4. The van der Waals surface area contributed by atoms with E-state index in [1.807, 2.05) is 55.8 Å². The van der Waals surface area contributed by atoms with E-state index in [-0.39, 0.29) is 11.7 Å². The van der Waals surface area contributed by atoms with E-state index < -0.39 is 5.97 Å². The maximum absolute atomic E-state index is 12.5. The van der Waals surface area contributed by atoms with Gasteiger partial charge < -0.3 is 14.6 Å². The van der Waals surface area contributed by atoms with Crippen molar-refractivity contribution in [2.45, 2.75) is 31.8 Å². The molecule has 0 spiro atoms. The van der Waals surface area contributed by atoms with Crippen LogP contribution in [0.1, 0.15) is 39.1 Å². The van der Waals surface area contributed by atoms with Gasteiger partial charge in [0, 0.05) is 18.3 Å². The summed E-state index contributed by atoms with van der Waals surface area (Å²) in [4.78, 5) is 25.7. The summed E-state index contributed by atoms with van der Waals surface area (Å²) in [5.41, 5.74) is 2.51. The molecule has 0 radical (unpaired) electrons. The lowest BCUT2D eigenvalue weighted by molar-refractivity contribution is -0.113. The summed E-state index contributed by atoms with van der Waals surface area (Å²) in [6.07, 6.45) is 1.37. The molecule has 0 aliphatic carbocycles. The molecule has 0 saturated carbocycles. The van der Waals surface area contributed by atoms with Crippen molar-refractivity contribution < 1.29 is 14.3 Å². The highest BCUT2D eigenvalue weighted by atomic mass is 32.2. The number of esters is 1. The van der Waals surface area contributed by atoms with Gasteiger partial charge in [-0.3, -0.25) is 4.79 Å². The number of thiophene rings is 1. The van der Waals surface area contributed by atoms with Crippen molar-refractivity contribution in [3.63, 3.8) is 0 Å². The molecule has 1 amide bonds. The number of carbonyl (C=O) groups is 2. The number of anilines is 1. The van der Waals surface area contributed by atoms with Crippen LogP contribution in [0.25, 0.3) is 0 Å². The number of nitrogens with one attached hydrogen (secondary N) is 1. The molecule has 0 fully saturated rings. The van der Waals surface area contributed by atoms with Crippen LogP contribution in [0.4, 0.5) is 5.00 Å². The number of methoxy groups -OCH3 is 1. The predicted octanol–water partition coefficient (Wildman–Crippen LogP) is 3.86. The van der Waals surface area contributed by atoms with Crippen molar-refractivity contribution in [2.75, 3.05) is 18.2 Å². The molecule has 9 heteroatoms. The van der Waals surface area contributed by atoms with Gasteiger partial charge in [-0.25, -0.2) is 4.79 Å². The Balaban J connectivity index is 1.65. The molecule has 0 bridgehead atoms. The predicted molar refractivity (Wildman–Crippen MR) is 119 cm³/mol. The maximum Gasteiger partial charge on any atom is 0.341 e. The first-order chi connectivity index (χ1) is 14.4. The molecular weight excluding hydrogens is 420 g/mol. The first-order valence-corrected chi connectivity index (χ1v) is 11.3. The highest BCUT2D eigenvalue weighted by Crippen LogP contribution is 2.34. The normalized spacial score (nSPS) is 10.8. The minimum absolute atomic E-state index is 0.163. The van der Waals surface area contributed by atoms with Crippen LogP contribution < -0.4 is 5.32 Å². The summed E-state index contributed by atoms with van der Waals surface area (Å²) in [7, 11) is 3.24. The van der Waals surface area contributed by atoms with Crippen LogP contribution in [-0.4, -0.2) is 39.5 Å². The second kappa shape index (κ2) is 9.90. The summed E-state index contributed by atoms with van der Waals surface area (Å²) in [5, 5.41) is 12.5. The highest BCUT2D eigenvalue weighted by Gasteiger charge is 2.23. The van der Waals surface area contributed by atoms with Gasteiger partial charge >= 0.3 is 5.97 Å². The number of carbonyl (C=O) groups excluding carboxylic acids is 2. The van der Waals surface area contributed by atoms with Crippen molar-refractivity contribution >= 4 is 40.0 Å². The fraction of sp³-hybridized carbons (Fsp3) is 0.333. The molecule has 2 heterocycles. The smallest absolute Gasteiger partial charge is 0.341 e. The monoisotopic (exact) mass is 444 g/mol. The summed E-state index contributed by atoms with van der Waals surface area (Å²) < 4.78 is 6.80. The molecule has 0 atom stereocenters. The molecule has 0 unspecified atom stereocenters. The fourth-order valence-electron chi connectivity index (χ4n) is 3.11. The maximum atomic E-state index is 12.5. The Labute approximate surface area is 183 Å². The van der Waals surface area contributed by atoms with E-state index in [0.717, 1.165) is 21.8 Å². The number of nitrogens with zero attached hydrogens (tertiary/aromatic N) is 3. The molecule has 7 nitrogen and oxygen atoms in total. The molecular formula is C21H24N4O3S2. The largest absolute Gasteiger partial charge is 0.465 e. The topological polar surface area (TPSA) is 86.1 Å². The number of benzene rings is 1. The fourth-order valence-corrected chi connectivity index (χ4v) is 4.99. The number of hydrogen-bond donors (Lipinski definition) is 1. The minimum Gasteiger partial charge on any atom is -0.465 e. The van der Waals surface area contributed by atoms with Gasteiger partial charge in [0.25, 0.3) is 0 Å². The molecule has 30 heavy (non-hydrogen) atoms. The van der Waals surface area contributed by atoms with Crippen molar-refractivity contribution in [2.24, 2.45) is 7.05 Å². The molecule has 1 aromatic carbocycles. The van der Waals surface area contributed by atoms with E-state index in [1.54, 1.807) is 0 Å². The lowest BCUT2D eigenvalue weighted by atomic mass is 10.1. The SMILES string of the molecule is CCc1c(C)sc(NC(=O)CSc2nnc(Cc3ccccc3)n2C)c1C(=O)OC. The number of thioether (sulfide) groups is 1. The first-order valence-electron chi connectivity index (χ1n) is 9.50. The number of rotatable bonds is 8. The molecule has 3 rings (SSSR count). The third-order valence-electron chi connectivity index (χ3n) is 4.67. The number of ether oxygens (including phenoxy) is 1. The van der Waals surface area contributed by atoms with Gasteiger partial charge in [0.05, 0.1) is 18.4 Å². The number of amides is 1. The van der Waals surface area contributed by atoms with Crippen molar-refractivity contribution in [3.8, 4) is 0 Å². The summed E-state index contributed by atoms with van der Waals surface area (Å²) >= 11 is 2.70. The number of aromatic nitrogens is 3. The second-order valence-corrected chi connectivity index (χ2v) is 8.81. The Bertz CT molecular complexity index is 1040. The molecule has 1 N–H and O–H groups in total. The van der Waals surface area contributed by atoms with Crippen LogP contribution in [0.3, 0.4) is 0 Å². The Morgan fingerprint density at radius 3 is 2.63 bits per heavy atom. The summed E-state index contributed by atoms with van der Waals surface area (Å²) in [6, 6.07) is 10.0. The quantitative estimate of drug-likeness (QED) is 0.419. The molecule has 2 aromatic heterocycles. The minimum atomic E-state index is -0.432. The van der Waals surface area contributed by atoms with Crippen molar-refractivity contribution in [1.82, 2.24) is 14.8 Å². The average molecular weight is 445 g/mol. The van der Waals surface area contributed by atoms with E-state index in [9.17, 15) is 9.59 Å². The van der Waals surface area contributed by atoms with Crippen LogP contribution in [0, 0.1) is 6.92 Å². The van der Waals surface area contributed by atoms with Gasteiger partial charge in [-0.05, 0) is 24.5 Å². The van der Waals surface area contributed by atoms with Crippen LogP contribution >= 0.6 is 23.1 Å². The Morgan fingerprint density at radius 2 is 1.97 bits per heavy atom. The van der Waals surface area contributed by atoms with E-state index in [4.69, 9.17) is 4.74 Å². The first kappa shape index (κ1) is 22.0. The number of aryl methyl sites for hydroxylation is 1. The van der Waals surface area contributed by atoms with Gasteiger partial charge in [0.1, 0.15) is 10.8 Å². The standard InChI is InChI=1S/C21H24N4O3S2/c1-5-15-13(2)30-19(18(15)20(27)28-4)22-17(26)12-29-21-24-23-16(25(21)3)11-14-9-7-6-8-10-14/h6-10H,5,11-12H2,1-4H3,(H,22,26). The molecule has 0 aliphatic heterocycles. The molecule has 0 saturated heterocycles. The Hall–Kier alpha value is -2.65. The zero-order chi connectivity index (χ0) is 21.7.